The first-order chi connectivity index (χ1) is 12.7. The summed E-state index contributed by atoms with van der Waals surface area (Å²) in [5.74, 6) is 1.65. The minimum atomic E-state index is 0. The van der Waals surface area contributed by atoms with Gasteiger partial charge in [0.05, 0.1) is 19.8 Å². The van der Waals surface area contributed by atoms with Gasteiger partial charge in [-0.2, -0.15) is 0 Å². The van der Waals surface area contributed by atoms with E-state index in [2.05, 4.69) is 27.0 Å². The molecule has 0 aromatic heterocycles. The standard InChI is InChI=1S/C20H40N4O2.HI/c1-18-8-4-6-11-23(18)12-7-5-10-22-20(21-2)24-13-9-19(16-24)17-26-15-14-25-3;/h18-19H,4-17H2,1-3H3,(H,21,22);1H. The number of guanidine groups is 1. The molecule has 0 aromatic carbocycles. The van der Waals surface area contributed by atoms with E-state index in [4.69, 9.17) is 9.47 Å². The summed E-state index contributed by atoms with van der Waals surface area (Å²) in [4.78, 5) is 9.51. The zero-order chi connectivity index (χ0) is 18.6. The maximum atomic E-state index is 5.68. The summed E-state index contributed by atoms with van der Waals surface area (Å²) in [6.45, 7) is 10.2. The molecule has 0 aliphatic carbocycles. The fraction of sp³-hybridized carbons (Fsp3) is 0.950. The second-order valence-electron chi connectivity index (χ2n) is 7.73. The Bertz CT molecular complexity index is 411. The van der Waals surface area contributed by atoms with Gasteiger partial charge in [0.15, 0.2) is 5.96 Å². The molecule has 0 spiro atoms. The van der Waals surface area contributed by atoms with Crippen molar-refractivity contribution in [1.29, 1.82) is 0 Å². The van der Waals surface area contributed by atoms with Gasteiger partial charge in [-0.25, -0.2) is 0 Å². The number of ether oxygens (including phenoxy) is 2. The van der Waals surface area contributed by atoms with Crippen LogP contribution in [0, 0.1) is 5.92 Å². The number of methoxy groups -OCH3 is 1. The first-order valence-corrected chi connectivity index (χ1v) is 10.5. The molecule has 6 nitrogen and oxygen atoms in total. The van der Waals surface area contributed by atoms with Crippen LogP contribution in [0.1, 0.15) is 45.4 Å². The smallest absolute Gasteiger partial charge is 0.193 e. The number of rotatable bonds is 10. The van der Waals surface area contributed by atoms with Gasteiger partial charge in [0.1, 0.15) is 0 Å². The van der Waals surface area contributed by atoms with Gasteiger partial charge >= 0.3 is 0 Å². The number of aliphatic imine (C=N–C) groups is 1. The lowest BCUT2D eigenvalue weighted by atomic mass is 10.0. The fourth-order valence-electron chi connectivity index (χ4n) is 4.02. The van der Waals surface area contributed by atoms with Crippen LogP contribution < -0.4 is 5.32 Å². The van der Waals surface area contributed by atoms with Crippen molar-refractivity contribution in [1.82, 2.24) is 15.1 Å². The molecule has 2 aliphatic rings. The van der Waals surface area contributed by atoms with E-state index in [0.717, 1.165) is 38.2 Å². The molecule has 0 bridgehead atoms. The second kappa shape index (κ2) is 14.8. The van der Waals surface area contributed by atoms with Gasteiger partial charge in [-0.1, -0.05) is 6.42 Å². The van der Waals surface area contributed by atoms with Crippen molar-refractivity contribution in [3.8, 4) is 0 Å². The molecule has 2 aliphatic heterocycles. The largest absolute Gasteiger partial charge is 0.382 e. The third-order valence-corrected chi connectivity index (χ3v) is 5.68. The lowest BCUT2D eigenvalue weighted by molar-refractivity contribution is 0.0536. The monoisotopic (exact) mass is 496 g/mol. The van der Waals surface area contributed by atoms with Crippen molar-refractivity contribution in [3.63, 3.8) is 0 Å². The molecular formula is C20H41IN4O2. The summed E-state index contributed by atoms with van der Waals surface area (Å²) < 4.78 is 10.7. The first kappa shape index (κ1) is 24.9. The highest BCUT2D eigenvalue weighted by molar-refractivity contribution is 14.0. The molecule has 2 unspecified atom stereocenters. The Morgan fingerprint density at radius 1 is 1.15 bits per heavy atom. The molecule has 7 heteroatoms. The van der Waals surface area contributed by atoms with Crippen molar-refractivity contribution >= 4 is 29.9 Å². The number of nitrogens with one attached hydrogen (secondary N) is 1. The van der Waals surface area contributed by atoms with Gasteiger partial charge in [0.25, 0.3) is 0 Å². The van der Waals surface area contributed by atoms with E-state index < -0.39 is 0 Å². The second-order valence-corrected chi connectivity index (χ2v) is 7.73. The molecule has 0 radical (unpaired) electrons. The van der Waals surface area contributed by atoms with E-state index in [1.54, 1.807) is 7.11 Å². The zero-order valence-corrected chi connectivity index (χ0v) is 20.0. The van der Waals surface area contributed by atoms with E-state index in [1.165, 1.54) is 51.6 Å². The van der Waals surface area contributed by atoms with Crippen LogP contribution in [-0.4, -0.2) is 88.5 Å². The van der Waals surface area contributed by atoms with Gasteiger partial charge in [0, 0.05) is 45.8 Å². The molecule has 2 fully saturated rings. The Hall–Kier alpha value is -0.120. The van der Waals surface area contributed by atoms with Gasteiger partial charge in [0.2, 0.25) is 0 Å². The molecule has 27 heavy (non-hydrogen) atoms. The third kappa shape index (κ3) is 9.28. The quantitative estimate of drug-likeness (QED) is 0.218. The molecule has 0 amide bonds. The maximum Gasteiger partial charge on any atom is 0.193 e. The molecule has 1 N–H and O–H groups in total. The Balaban J connectivity index is 0.00000364. The molecule has 2 rings (SSSR count). The number of piperidine rings is 1. The van der Waals surface area contributed by atoms with E-state index in [1.807, 2.05) is 7.05 Å². The van der Waals surface area contributed by atoms with Crippen LogP contribution in [-0.2, 0) is 9.47 Å². The van der Waals surface area contributed by atoms with Crippen molar-refractivity contribution in [2.24, 2.45) is 10.9 Å². The number of likely N-dealkylation sites (tertiary alicyclic amines) is 2. The van der Waals surface area contributed by atoms with Gasteiger partial charge in [-0.05, 0) is 52.1 Å². The van der Waals surface area contributed by atoms with Gasteiger partial charge in [-0.3, -0.25) is 4.99 Å². The molecule has 2 heterocycles. The van der Waals surface area contributed by atoms with E-state index >= 15 is 0 Å². The lowest BCUT2D eigenvalue weighted by Gasteiger charge is -2.33. The maximum absolute atomic E-state index is 5.68. The molecule has 0 saturated carbocycles. The van der Waals surface area contributed by atoms with Crippen molar-refractivity contribution in [2.75, 3.05) is 66.7 Å². The van der Waals surface area contributed by atoms with Crippen LogP contribution in [0.3, 0.4) is 0 Å². The van der Waals surface area contributed by atoms with Crippen LogP contribution >= 0.6 is 24.0 Å². The average Bonchev–Trinajstić information content (AvgIpc) is 3.12. The topological polar surface area (TPSA) is 49.3 Å². The number of unbranched alkanes of at least 4 members (excludes halogenated alkanes) is 1. The summed E-state index contributed by atoms with van der Waals surface area (Å²) in [6.07, 6.45) is 7.81. The highest BCUT2D eigenvalue weighted by Gasteiger charge is 2.24. The Labute approximate surface area is 183 Å². The number of halogens is 1. The van der Waals surface area contributed by atoms with Crippen LogP contribution in [0.5, 0.6) is 0 Å². The van der Waals surface area contributed by atoms with Gasteiger partial charge in [-0.15, -0.1) is 24.0 Å². The summed E-state index contributed by atoms with van der Waals surface area (Å²) in [7, 11) is 3.60. The summed E-state index contributed by atoms with van der Waals surface area (Å²) in [5.41, 5.74) is 0. The first-order valence-electron chi connectivity index (χ1n) is 10.5. The van der Waals surface area contributed by atoms with E-state index in [0.29, 0.717) is 19.1 Å². The minimum Gasteiger partial charge on any atom is -0.382 e. The predicted octanol–water partition coefficient (Wildman–Crippen LogP) is 2.82. The van der Waals surface area contributed by atoms with Crippen LogP contribution in [0.2, 0.25) is 0 Å². The molecule has 2 saturated heterocycles. The molecule has 160 valence electrons. The Morgan fingerprint density at radius 3 is 2.74 bits per heavy atom. The van der Waals surface area contributed by atoms with Crippen LogP contribution in [0.25, 0.3) is 0 Å². The van der Waals surface area contributed by atoms with Crippen molar-refractivity contribution < 1.29 is 9.47 Å². The van der Waals surface area contributed by atoms with Crippen LogP contribution in [0.15, 0.2) is 4.99 Å². The highest BCUT2D eigenvalue weighted by atomic mass is 127. The number of hydrogen-bond acceptors (Lipinski definition) is 4. The lowest BCUT2D eigenvalue weighted by Crippen LogP contribution is -2.41. The molecule has 2 atom stereocenters. The fourth-order valence-corrected chi connectivity index (χ4v) is 4.02. The predicted molar refractivity (Wildman–Crippen MR) is 123 cm³/mol. The average molecular weight is 496 g/mol. The van der Waals surface area contributed by atoms with Crippen molar-refractivity contribution in [3.05, 3.63) is 0 Å². The van der Waals surface area contributed by atoms with Gasteiger partial charge < -0.3 is 24.6 Å². The van der Waals surface area contributed by atoms with E-state index in [-0.39, 0.29) is 24.0 Å². The van der Waals surface area contributed by atoms with Crippen LogP contribution in [0.4, 0.5) is 0 Å². The number of nitrogens with zero attached hydrogens (tertiary/aromatic N) is 3. The summed E-state index contributed by atoms with van der Waals surface area (Å²) in [5, 5.41) is 3.55. The summed E-state index contributed by atoms with van der Waals surface area (Å²) >= 11 is 0. The summed E-state index contributed by atoms with van der Waals surface area (Å²) in [6, 6.07) is 0.775. The molecular weight excluding hydrogens is 455 g/mol. The normalized spacial score (nSPS) is 24.1. The Morgan fingerprint density at radius 2 is 2.00 bits per heavy atom. The Kier molecular flexibility index (Phi) is 13.7. The van der Waals surface area contributed by atoms with E-state index in [9.17, 15) is 0 Å². The zero-order valence-electron chi connectivity index (χ0n) is 17.6. The highest BCUT2D eigenvalue weighted by Crippen LogP contribution is 2.17. The number of hydrogen-bond donors (Lipinski definition) is 1. The third-order valence-electron chi connectivity index (χ3n) is 5.68. The molecule has 0 aromatic rings. The van der Waals surface area contributed by atoms with Crippen molar-refractivity contribution in [2.45, 2.75) is 51.5 Å². The SMILES string of the molecule is CN=C(NCCCCN1CCCCC1C)N1CCC(COCCOC)C1.I. The minimum absolute atomic E-state index is 0.